The number of nitrogens with zero attached hydrogens (tertiary/aromatic N) is 2. The van der Waals surface area contributed by atoms with Crippen molar-refractivity contribution >= 4 is 23.2 Å². The molecule has 0 atom stereocenters. The number of aromatic nitrogens is 2. The highest BCUT2D eigenvalue weighted by Crippen LogP contribution is 2.27. The highest BCUT2D eigenvalue weighted by molar-refractivity contribution is 6.43. The molecule has 0 radical (unpaired) electrons. The lowest BCUT2D eigenvalue weighted by Crippen LogP contribution is -1.94. The Bertz CT molecular complexity index is 410. The van der Waals surface area contributed by atoms with Crippen molar-refractivity contribution in [3.8, 4) is 5.69 Å². The Kier molecular flexibility index (Phi) is 2.25. The van der Waals surface area contributed by atoms with Crippen LogP contribution in [0.2, 0.25) is 10.0 Å². The molecule has 0 aliphatic carbocycles. The summed E-state index contributed by atoms with van der Waals surface area (Å²) in [5.74, 6) is 0. The zero-order valence-electron chi connectivity index (χ0n) is 6.61. The van der Waals surface area contributed by atoms with Crippen LogP contribution in [-0.2, 0) is 0 Å². The Morgan fingerprint density at radius 1 is 1.15 bits per heavy atom. The van der Waals surface area contributed by atoms with E-state index < -0.39 is 0 Å². The molecule has 0 saturated heterocycles. The van der Waals surface area contributed by atoms with Gasteiger partial charge in [0, 0.05) is 12.4 Å². The van der Waals surface area contributed by atoms with Gasteiger partial charge in [-0.2, -0.15) is 5.10 Å². The third-order valence-corrected chi connectivity index (χ3v) is 2.49. The van der Waals surface area contributed by atoms with Crippen molar-refractivity contribution in [2.45, 2.75) is 0 Å². The second kappa shape index (κ2) is 3.40. The molecule has 0 bridgehead atoms. The molecule has 13 heavy (non-hydrogen) atoms. The van der Waals surface area contributed by atoms with E-state index in [-0.39, 0.29) is 0 Å². The fraction of sp³-hybridized carbons (Fsp3) is 0. The monoisotopic (exact) mass is 212 g/mol. The average Bonchev–Trinajstić information content (AvgIpc) is 2.62. The number of halogens is 2. The van der Waals surface area contributed by atoms with Crippen LogP contribution in [0.3, 0.4) is 0 Å². The van der Waals surface area contributed by atoms with Gasteiger partial charge >= 0.3 is 0 Å². The van der Waals surface area contributed by atoms with Crippen molar-refractivity contribution in [2.75, 3.05) is 0 Å². The van der Waals surface area contributed by atoms with Gasteiger partial charge in [-0.1, -0.05) is 29.3 Å². The van der Waals surface area contributed by atoms with Crippen LogP contribution < -0.4 is 0 Å². The minimum absolute atomic E-state index is 0.521. The van der Waals surface area contributed by atoms with E-state index in [0.717, 1.165) is 5.69 Å². The fourth-order valence-corrected chi connectivity index (χ4v) is 1.46. The smallest absolute Gasteiger partial charge is 0.0849 e. The molecule has 2 rings (SSSR count). The Balaban J connectivity index is 2.59. The van der Waals surface area contributed by atoms with Crippen molar-refractivity contribution in [1.29, 1.82) is 0 Å². The van der Waals surface area contributed by atoms with Crippen LogP contribution in [0.4, 0.5) is 0 Å². The second-order valence-electron chi connectivity index (χ2n) is 2.52. The molecule has 1 aromatic heterocycles. The minimum Gasteiger partial charge on any atom is -0.239 e. The van der Waals surface area contributed by atoms with E-state index in [4.69, 9.17) is 23.2 Å². The van der Waals surface area contributed by atoms with Crippen molar-refractivity contribution in [3.05, 3.63) is 46.7 Å². The summed E-state index contributed by atoms with van der Waals surface area (Å²) in [6.45, 7) is 0. The topological polar surface area (TPSA) is 17.8 Å². The maximum Gasteiger partial charge on any atom is 0.0849 e. The van der Waals surface area contributed by atoms with Gasteiger partial charge in [-0.15, -0.1) is 0 Å². The van der Waals surface area contributed by atoms with E-state index in [1.807, 2.05) is 24.4 Å². The van der Waals surface area contributed by atoms with Gasteiger partial charge in [-0.05, 0) is 18.2 Å². The van der Waals surface area contributed by atoms with Crippen molar-refractivity contribution in [3.63, 3.8) is 0 Å². The molecular formula is C9H6Cl2N2. The van der Waals surface area contributed by atoms with Crippen LogP contribution in [-0.4, -0.2) is 9.78 Å². The lowest BCUT2D eigenvalue weighted by Gasteiger charge is -2.04. The van der Waals surface area contributed by atoms with E-state index >= 15 is 0 Å². The number of benzene rings is 1. The lowest BCUT2D eigenvalue weighted by molar-refractivity contribution is 0.881. The molecule has 0 N–H and O–H groups in total. The first kappa shape index (κ1) is 8.60. The highest BCUT2D eigenvalue weighted by atomic mass is 35.5. The first-order valence-corrected chi connectivity index (χ1v) is 4.48. The summed E-state index contributed by atoms with van der Waals surface area (Å²) >= 11 is 11.8. The Hall–Kier alpha value is -0.990. The van der Waals surface area contributed by atoms with Gasteiger partial charge in [0.05, 0.1) is 15.7 Å². The normalized spacial score (nSPS) is 10.3. The van der Waals surface area contributed by atoms with E-state index in [0.29, 0.717) is 10.0 Å². The first-order chi connectivity index (χ1) is 6.29. The molecule has 0 saturated carbocycles. The molecule has 0 aliphatic rings. The first-order valence-electron chi connectivity index (χ1n) is 3.73. The molecular weight excluding hydrogens is 207 g/mol. The van der Waals surface area contributed by atoms with Crippen molar-refractivity contribution in [1.82, 2.24) is 9.78 Å². The van der Waals surface area contributed by atoms with Gasteiger partial charge in [0.2, 0.25) is 0 Å². The zero-order valence-corrected chi connectivity index (χ0v) is 8.13. The lowest BCUT2D eigenvalue weighted by atomic mass is 10.3. The van der Waals surface area contributed by atoms with Crippen LogP contribution in [0.5, 0.6) is 0 Å². The molecule has 0 unspecified atom stereocenters. The number of hydrogen-bond acceptors (Lipinski definition) is 1. The molecule has 1 heterocycles. The molecule has 0 fully saturated rings. The van der Waals surface area contributed by atoms with Crippen LogP contribution in [0.15, 0.2) is 36.7 Å². The Labute approximate surface area is 85.7 Å². The summed E-state index contributed by atoms with van der Waals surface area (Å²) in [4.78, 5) is 0. The standard InChI is InChI=1S/C9H6Cl2N2/c10-7-3-1-4-8(9(7)11)13-6-2-5-12-13/h1-6H. The van der Waals surface area contributed by atoms with Gasteiger partial charge in [0.25, 0.3) is 0 Å². The Morgan fingerprint density at radius 2 is 2.00 bits per heavy atom. The van der Waals surface area contributed by atoms with E-state index in [9.17, 15) is 0 Å². The quantitative estimate of drug-likeness (QED) is 0.711. The van der Waals surface area contributed by atoms with Crippen LogP contribution in [0, 0.1) is 0 Å². The predicted octanol–water partition coefficient (Wildman–Crippen LogP) is 3.18. The van der Waals surface area contributed by atoms with Gasteiger partial charge in [-0.25, -0.2) is 4.68 Å². The summed E-state index contributed by atoms with van der Waals surface area (Å²) < 4.78 is 1.67. The molecule has 1 aromatic carbocycles. The molecule has 4 heteroatoms. The Morgan fingerprint density at radius 3 is 2.69 bits per heavy atom. The average molecular weight is 213 g/mol. The number of rotatable bonds is 1. The summed E-state index contributed by atoms with van der Waals surface area (Å²) in [5, 5.41) is 5.12. The summed E-state index contributed by atoms with van der Waals surface area (Å²) in [7, 11) is 0. The maximum atomic E-state index is 5.99. The minimum atomic E-state index is 0.521. The molecule has 2 aromatic rings. The van der Waals surface area contributed by atoms with Crippen LogP contribution in [0.1, 0.15) is 0 Å². The molecule has 66 valence electrons. The second-order valence-corrected chi connectivity index (χ2v) is 3.31. The van der Waals surface area contributed by atoms with Gasteiger partial charge < -0.3 is 0 Å². The van der Waals surface area contributed by atoms with Crippen LogP contribution >= 0.6 is 23.2 Å². The van der Waals surface area contributed by atoms with E-state index in [1.165, 1.54) is 0 Å². The number of hydrogen-bond donors (Lipinski definition) is 0. The van der Waals surface area contributed by atoms with E-state index in [1.54, 1.807) is 16.9 Å². The van der Waals surface area contributed by atoms with Crippen molar-refractivity contribution < 1.29 is 0 Å². The zero-order chi connectivity index (χ0) is 9.26. The van der Waals surface area contributed by atoms with Crippen molar-refractivity contribution in [2.24, 2.45) is 0 Å². The molecule has 0 amide bonds. The molecule has 0 spiro atoms. The highest BCUT2D eigenvalue weighted by Gasteiger charge is 2.05. The molecule has 2 nitrogen and oxygen atoms in total. The third-order valence-electron chi connectivity index (χ3n) is 1.68. The van der Waals surface area contributed by atoms with Gasteiger partial charge in [0.1, 0.15) is 0 Å². The third kappa shape index (κ3) is 1.55. The summed E-state index contributed by atoms with van der Waals surface area (Å²) in [6, 6.07) is 7.28. The fourth-order valence-electron chi connectivity index (χ4n) is 1.08. The van der Waals surface area contributed by atoms with Gasteiger partial charge in [-0.3, -0.25) is 0 Å². The maximum absolute atomic E-state index is 5.99. The summed E-state index contributed by atoms with van der Waals surface area (Å²) in [6.07, 6.45) is 3.51. The van der Waals surface area contributed by atoms with Gasteiger partial charge in [0.15, 0.2) is 0 Å². The summed E-state index contributed by atoms with van der Waals surface area (Å²) in [5.41, 5.74) is 0.791. The predicted molar refractivity (Wildman–Crippen MR) is 53.6 cm³/mol. The largest absolute Gasteiger partial charge is 0.239 e. The van der Waals surface area contributed by atoms with Crippen LogP contribution in [0.25, 0.3) is 5.69 Å². The SMILES string of the molecule is Clc1cccc(-n2cccn2)c1Cl. The molecule has 0 aliphatic heterocycles. The van der Waals surface area contributed by atoms with E-state index in [2.05, 4.69) is 5.10 Å².